The molecule has 1 aliphatic heterocycles. The van der Waals surface area contributed by atoms with E-state index in [0.717, 1.165) is 29.8 Å². The molecule has 17 heavy (non-hydrogen) atoms. The number of hydrogen-bond donors (Lipinski definition) is 1. The summed E-state index contributed by atoms with van der Waals surface area (Å²) >= 11 is 0. The summed E-state index contributed by atoms with van der Waals surface area (Å²) in [5, 5.41) is 0. The maximum atomic E-state index is 11.9. The van der Waals surface area contributed by atoms with E-state index >= 15 is 0 Å². The summed E-state index contributed by atoms with van der Waals surface area (Å²) in [7, 11) is 3.59. The van der Waals surface area contributed by atoms with Gasteiger partial charge >= 0.3 is 5.69 Å². The first-order valence-electron chi connectivity index (χ1n) is 5.79. The summed E-state index contributed by atoms with van der Waals surface area (Å²) in [6, 6.07) is 3.82. The van der Waals surface area contributed by atoms with E-state index in [4.69, 9.17) is 5.73 Å². The van der Waals surface area contributed by atoms with Crippen LogP contribution in [0.2, 0.25) is 0 Å². The van der Waals surface area contributed by atoms with Gasteiger partial charge in [0.2, 0.25) is 0 Å². The molecule has 5 nitrogen and oxygen atoms in total. The molecule has 0 bridgehead atoms. The van der Waals surface area contributed by atoms with Crippen LogP contribution in [0.25, 0.3) is 11.0 Å². The average molecular weight is 232 g/mol. The quantitative estimate of drug-likeness (QED) is 0.735. The Morgan fingerprint density at radius 2 is 1.88 bits per heavy atom. The van der Waals surface area contributed by atoms with Crippen LogP contribution < -0.4 is 16.3 Å². The molecule has 0 aliphatic carbocycles. The molecular formula is C12H16N4O. The number of rotatable bonds is 1. The highest BCUT2D eigenvalue weighted by Gasteiger charge is 2.21. The molecule has 0 spiro atoms. The zero-order chi connectivity index (χ0) is 12.2. The normalized spacial score (nSPS) is 15.3. The minimum atomic E-state index is -0.00706. The van der Waals surface area contributed by atoms with Crippen molar-refractivity contribution in [1.82, 2.24) is 9.13 Å². The Bertz CT molecular complexity index is 649. The van der Waals surface area contributed by atoms with E-state index in [0.29, 0.717) is 5.69 Å². The second-order valence-electron chi connectivity index (χ2n) is 4.65. The molecular weight excluding hydrogens is 216 g/mol. The second kappa shape index (κ2) is 3.29. The second-order valence-corrected chi connectivity index (χ2v) is 4.65. The Labute approximate surface area is 99.0 Å². The van der Waals surface area contributed by atoms with Crippen LogP contribution in [0.5, 0.6) is 0 Å². The SMILES string of the molecule is Cn1c(=O)n(C)c2c(N3CCC3)cc(N)cc21. The number of benzene rings is 1. The molecule has 0 radical (unpaired) electrons. The van der Waals surface area contributed by atoms with E-state index in [1.54, 1.807) is 16.2 Å². The standard InChI is InChI=1S/C12H16N4O/c1-14-9-6-8(13)7-10(16-4-3-5-16)11(9)15(2)12(14)17/h6-7H,3-5,13H2,1-2H3. The highest BCUT2D eigenvalue weighted by molar-refractivity contribution is 5.93. The van der Waals surface area contributed by atoms with Crippen molar-refractivity contribution in [3.05, 3.63) is 22.6 Å². The van der Waals surface area contributed by atoms with Gasteiger partial charge in [-0.3, -0.25) is 9.13 Å². The molecule has 5 heteroatoms. The van der Waals surface area contributed by atoms with Gasteiger partial charge in [-0.1, -0.05) is 0 Å². The molecule has 0 saturated carbocycles. The van der Waals surface area contributed by atoms with Gasteiger partial charge in [0.25, 0.3) is 0 Å². The lowest BCUT2D eigenvalue weighted by atomic mass is 10.1. The van der Waals surface area contributed by atoms with Crippen LogP contribution in [-0.4, -0.2) is 22.2 Å². The molecule has 3 rings (SSSR count). The van der Waals surface area contributed by atoms with Gasteiger partial charge in [-0.05, 0) is 18.6 Å². The van der Waals surface area contributed by atoms with E-state index in [1.165, 1.54) is 6.42 Å². The molecule has 1 fully saturated rings. The monoisotopic (exact) mass is 232 g/mol. The largest absolute Gasteiger partial charge is 0.399 e. The molecule has 2 aromatic rings. The molecule has 0 amide bonds. The Balaban J connectivity index is 2.40. The smallest absolute Gasteiger partial charge is 0.328 e. The van der Waals surface area contributed by atoms with Crippen molar-refractivity contribution in [2.75, 3.05) is 23.7 Å². The van der Waals surface area contributed by atoms with Gasteiger partial charge in [-0.25, -0.2) is 4.79 Å². The topological polar surface area (TPSA) is 56.2 Å². The van der Waals surface area contributed by atoms with Crippen molar-refractivity contribution in [1.29, 1.82) is 0 Å². The molecule has 1 aromatic carbocycles. The van der Waals surface area contributed by atoms with E-state index in [2.05, 4.69) is 4.90 Å². The summed E-state index contributed by atoms with van der Waals surface area (Å²) in [6.45, 7) is 2.09. The number of nitrogens with two attached hydrogens (primary N) is 1. The molecule has 2 N–H and O–H groups in total. The number of anilines is 2. The van der Waals surface area contributed by atoms with Crippen LogP contribution in [0, 0.1) is 0 Å². The van der Waals surface area contributed by atoms with Gasteiger partial charge in [0.15, 0.2) is 0 Å². The maximum Gasteiger partial charge on any atom is 0.328 e. The average Bonchev–Trinajstić information content (AvgIpc) is 2.41. The van der Waals surface area contributed by atoms with Gasteiger partial charge in [0.05, 0.1) is 16.7 Å². The lowest BCUT2D eigenvalue weighted by Gasteiger charge is -2.33. The third-order valence-corrected chi connectivity index (χ3v) is 3.56. The predicted molar refractivity (Wildman–Crippen MR) is 69.4 cm³/mol. The Hall–Kier alpha value is -1.91. The first-order chi connectivity index (χ1) is 8.09. The van der Waals surface area contributed by atoms with E-state index < -0.39 is 0 Å². The fourth-order valence-corrected chi connectivity index (χ4v) is 2.45. The Morgan fingerprint density at radius 1 is 1.18 bits per heavy atom. The summed E-state index contributed by atoms with van der Waals surface area (Å²) in [5.74, 6) is 0. The van der Waals surface area contributed by atoms with Crippen molar-refractivity contribution in [2.45, 2.75) is 6.42 Å². The number of nitrogens with zero attached hydrogens (tertiary/aromatic N) is 3. The summed E-state index contributed by atoms with van der Waals surface area (Å²) < 4.78 is 3.34. The van der Waals surface area contributed by atoms with Crippen LogP contribution in [0.4, 0.5) is 11.4 Å². The number of fused-ring (bicyclic) bond motifs is 1. The van der Waals surface area contributed by atoms with Crippen LogP contribution in [-0.2, 0) is 14.1 Å². The Morgan fingerprint density at radius 3 is 2.47 bits per heavy atom. The van der Waals surface area contributed by atoms with Gasteiger partial charge < -0.3 is 10.6 Å². The van der Waals surface area contributed by atoms with Crippen molar-refractivity contribution in [2.24, 2.45) is 14.1 Å². The summed E-state index contributed by atoms with van der Waals surface area (Å²) in [4.78, 5) is 14.2. The number of nitrogen functional groups attached to an aromatic ring is 1. The molecule has 1 saturated heterocycles. The van der Waals surface area contributed by atoms with Gasteiger partial charge in [0.1, 0.15) is 0 Å². The van der Waals surface area contributed by atoms with Crippen molar-refractivity contribution < 1.29 is 0 Å². The number of aryl methyl sites for hydroxylation is 2. The molecule has 1 aromatic heterocycles. The predicted octanol–water partition coefficient (Wildman–Crippen LogP) is 0.669. The van der Waals surface area contributed by atoms with Gasteiger partial charge in [-0.15, -0.1) is 0 Å². The summed E-state index contributed by atoms with van der Waals surface area (Å²) in [6.07, 6.45) is 1.21. The highest BCUT2D eigenvalue weighted by Crippen LogP contribution is 2.31. The molecule has 2 heterocycles. The first kappa shape index (κ1) is 10.3. The molecule has 90 valence electrons. The third-order valence-electron chi connectivity index (χ3n) is 3.56. The lowest BCUT2D eigenvalue weighted by Crippen LogP contribution is -2.37. The lowest BCUT2D eigenvalue weighted by molar-refractivity contribution is 0.618. The first-order valence-corrected chi connectivity index (χ1v) is 5.79. The summed E-state index contributed by atoms with van der Waals surface area (Å²) in [5.41, 5.74) is 9.58. The third kappa shape index (κ3) is 1.28. The van der Waals surface area contributed by atoms with Crippen LogP contribution in [0.1, 0.15) is 6.42 Å². The highest BCUT2D eigenvalue weighted by atomic mass is 16.1. The molecule has 1 aliphatic rings. The zero-order valence-electron chi connectivity index (χ0n) is 10.1. The van der Waals surface area contributed by atoms with Crippen molar-refractivity contribution in [3.63, 3.8) is 0 Å². The fraction of sp³-hybridized carbons (Fsp3) is 0.417. The molecule has 0 unspecified atom stereocenters. The van der Waals surface area contributed by atoms with Gasteiger partial charge in [0, 0.05) is 32.9 Å². The van der Waals surface area contributed by atoms with Crippen molar-refractivity contribution >= 4 is 22.4 Å². The van der Waals surface area contributed by atoms with Crippen LogP contribution >= 0.6 is 0 Å². The zero-order valence-corrected chi connectivity index (χ0v) is 10.1. The van der Waals surface area contributed by atoms with E-state index in [9.17, 15) is 4.79 Å². The minimum Gasteiger partial charge on any atom is -0.399 e. The van der Waals surface area contributed by atoms with Crippen LogP contribution in [0.15, 0.2) is 16.9 Å². The Kier molecular flexibility index (Phi) is 1.98. The fourth-order valence-electron chi connectivity index (χ4n) is 2.45. The van der Waals surface area contributed by atoms with E-state index in [-0.39, 0.29) is 5.69 Å². The molecule has 0 atom stereocenters. The van der Waals surface area contributed by atoms with E-state index in [1.807, 2.05) is 19.2 Å². The van der Waals surface area contributed by atoms with Gasteiger partial charge in [-0.2, -0.15) is 0 Å². The van der Waals surface area contributed by atoms with Crippen LogP contribution in [0.3, 0.4) is 0 Å². The minimum absolute atomic E-state index is 0.00706. The number of hydrogen-bond acceptors (Lipinski definition) is 3. The number of imidazole rings is 1. The number of aromatic nitrogens is 2. The van der Waals surface area contributed by atoms with Crippen molar-refractivity contribution in [3.8, 4) is 0 Å². The maximum absolute atomic E-state index is 11.9.